The van der Waals surface area contributed by atoms with Gasteiger partial charge >= 0.3 is 0 Å². The second-order valence-electron chi connectivity index (χ2n) is 1.05. The third-order valence-corrected chi connectivity index (χ3v) is 1.23. The van der Waals surface area contributed by atoms with Crippen LogP contribution in [0.2, 0.25) is 0 Å². The smallest absolute Gasteiger partial charge is 0.207 e. The first-order chi connectivity index (χ1) is 3.93. The molecule has 0 aliphatic heterocycles. The highest BCUT2D eigenvalue weighted by Crippen LogP contribution is 2.06. The van der Waals surface area contributed by atoms with Crippen LogP contribution in [0.15, 0.2) is 5.51 Å². The largest absolute Gasteiger partial charge is 0.333 e. The highest BCUT2D eigenvalue weighted by Gasteiger charge is 1.89. The minimum absolute atomic E-state index is 0.521. The molecule has 0 spiro atoms. The van der Waals surface area contributed by atoms with Crippen molar-refractivity contribution in [2.75, 3.05) is 12.1 Å². The number of anilines is 1. The molecule has 0 radical (unpaired) electrons. The van der Waals surface area contributed by atoms with E-state index in [4.69, 9.17) is 0 Å². The number of aromatic nitrogens is 2. The first-order valence-corrected chi connectivity index (χ1v) is 2.87. The van der Waals surface area contributed by atoms with Crippen LogP contribution < -0.4 is 5.32 Å². The lowest BCUT2D eigenvalue weighted by molar-refractivity contribution is 0.536. The molecule has 0 bridgehead atoms. The molecule has 0 saturated heterocycles. The Labute approximate surface area is 49.6 Å². The van der Waals surface area contributed by atoms with Crippen LogP contribution in [-0.2, 0) is 0 Å². The van der Waals surface area contributed by atoms with Crippen LogP contribution in [0.25, 0.3) is 0 Å². The maximum atomic E-state index is 11.4. The van der Waals surface area contributed by atoms with E-state index < -0.39 is 6.80 Å². The zero-order valence-electron chi connectivity index (χ0n) is 3.97. The van der Waals surface area contributed by atoms with Crippen molar-refractivity contribution in [3.63, 3.8) is 0 Å². The summed E-state index contributed by atoms with van der Waals surface area (Å²) < 4.78 is 11.4. The van der Waals surface area contributed by atoms with Crippen LogP contribution in [0, 0.1) is 0 Å². The number of halogens is 1. The van der Waals surface area contributed by atoms with Gasteiger partial charge in [0.2, 0.25) is 5.13 Å². The Kier molecular flexibility index (Phi) is 1.74. The van der Waals surface area contributed by atoms with Gasteiger partial charge in [0.05, 0.1) is 0 Å². The van der Waals surface area contributed by atoms with Crippen molar-refractivity contribution in [2.45, 2.75) is 0 Å². The maximum Gasteiger partial charge on any atom is 0.207 e. The first-order valence-electron chi connectivity index (χ1n) is 1.99. The lowest BCUT2D eigenvalue weighted by Crippen LogP contribution is -1.93. The van der Waals surface area contributed by atoms with E-state index in [9.17, 15) is 4.39 Å². The molecule has 0 unspecified atom stereocenters. The molecular weight excluding hydrogens is 129 g/mol. The Morgan fingerprint density at radius 1 is 1.88 bits per heavy atom. The maximum absolute atomic E-state index is 11.4. The Morgan fingerprint density at radius 3 is 3.25 bits per heavy atom. The molecule has 0 aliphatic carbocycles. The van der Waals surface area contributed by atoms with Gasteiger partial charge in [-0.3, -0.25) is 0 Å². The molecule has 8 heavy (non-hydrogen) atoms. The zero-order chi connectivity index (χ0) is 5.82. The number of nitrogens with zero attached hydrogens (tertiary/aromatic N) is 2. The van der Waals surface area contributed by atoms with Crippen molar-refractivity contribution in [1.82, 2.24) is 10.2 Å². The summed E-state index contributed by atoms with van der Waals surface area (Å²) in [5.74, 6) is 0. The van der Waals surface area contributed by atoms with Crippen molar-refractivity contribution in [3.8, 4) is 0 Å². The summed E-state index contributed by atoms with van der Waals surface area (Å²) in [5, 5.41) is 9.89. The molecule has 5 heteroatoms. The summed E-state index contributed by atoms with van der Waals surface area (Å²) in [4.78, 5) is 0. The molecule has 0 fully saturated rings. The molecular formula is C3H4FN3S. The lowest BCUT2D eigenvalue weighted by Gasteiger charge is -1.87. The molecule has 1 N–H and O–H groups in total. The van der Waals surface area contributed by atoms with Gasteiger partial charge in [0.15, 0.2) is 6.80 Å². The number of rotatable bonds is 2. The summed E-state index contributed by atoms with van der Waals surface area (Å²) in [7, 11) is 0. The summed E-state index contributed by atoms with van der Waals surface area (Å²) in [6.07, 6.45) is 0. The Morgan fingerprint density at radius 2 is 2.75 bits per heavy atom. The van der Waals surface area contributed by atoms with Crippen LogP contribution in [0.5, 0.6) is 0 Å². The van der Waals surface area contributed by atoms with E-state index in [1.54, 1.807) is 0 Å². The van der Waals surface area contributed by atoms with E-state index >= 15 is 0 Å². The van der Waals surface area contributed by atoms with Crippen LogP contribution in [-0.4, -0.2) is 17.0 Å². The van der Waals surface area contributed by atoms with Gasteiger partial charge in [-0.25, -0.2) is 4.39 Å². The van der Waals surface area contributed by atoms with Gasteiger partial charge in [0.1, 0.15) is 5.51 Å². The van der Waals surface area contributed by atoms with Gasteiger partial charge in [-0.15, -0.1) is 10.2 Å². The quantitative estimate of drug-likeness (QED) is 0.608. The van der Waals surface area contributed by atoms with Crippen LogP contribution in [0.1, 0.15) is 0 Å². The second kappa shape index (κ2) is 2.56. The minimum Gasteiger partial charge on any atom is -0.333 e. The molecule has 3 nitrogen and oxygen atoms in total. The van der Waals surface area contributed by atoms with Crippen molar-refractivity contribution >= 4 is 16.5 Å². The fourth-order valence-corrected chi connectivity index (χ4v) is 0.734. The topological polar surface area (TPSA) is 37.8 Å². The molecule has 1 aromatic heterocycles. The molecule has 0 saturated carbocycles. The fourth-order valence-electron chi connectivity index (χ4n) is 0.307. The summed E-state index contributed by atoms with van der Waals surface area (Å²) >= 11 is 1.27. The normalized spacial score (nSPS) is 9.12. The van der Waals surface area contributed by atoms with Crippen LogP contribution >= 0.6 is 11.3 Å². The van der Waals surface area contributed by atoms with E-state index in [0.717, 1.165) is 0 Å². The van der Waals surface area contributed by atoms with Crippen molar-refractivity contribution in [2.24, 2.45) is 0 Å². The molecule has 0 aliphatic rings. The molecule has 44 valence electrons. The predicted octanol–water partition coefficient (Wildman–Crippen LogP) is 0.877. The van der Waals surface area contributed by atoms with E-state index in [-0.39, 0.29) is 0 Å². The average Bonchev–Trinajstić information content (AvgIpc) is 2.19. The van der Waals surface area contributed by atoms with Crippen molar-refractivity contribution in [1.29, 1.82) is 0 Å². The third kappa shape index (κ3) is 1.13. The Bertz CT molecular complexity index is 140. The first kappa shape index (κ1) is 5.43. The number of hydrogen-bond acceptors (Lipinski definition) is 4. The molecule has 0 atom stereocenters. The van der Waals surface area contributed by atoms with Crippen LogP contribution in [0.3, 0.4) is 0 Å². The molecule has 0 amide bonds. The van der Waals surface area contributed by atoms with E-state index in [1.165, 1.54) is 16.8 Å². The molecule has 0 aromatic carbocycles. The Hall–Kier alpha value is -0.710. The van der Waals surface area contributed by atoms with Crippen LogP contribution in [0.4, 0.5) is 9.52 Å². The SMILES string of the molecule is FCNc1nncs1. The van der Waals surface area contributed by atoms with E-state index in [1.807, 2.05) is 0 Å². The second-order valence-corrected chi connectivity index (χ2v) is 1.89. The lowest BCUT2D eigenvalue weighted by atomic mass is 11.1. The van der Waals surface area contributed by atoms with Gasteiger partial charge in [-0.05, 0) is 0 Å². The van der Waals surface area contributed by atoms with E-state index in [2.05, 4.69) is 15.5 Å². The van der Waals surface area contributed by atoms with E-state index in [0.29, 0.717) is 5.13 Å². The van der Waals surface area contributed by atoms with Gasteiger partial charge in [-0.1, -0.05) is 11.3 Å². The minimum atomic E-state index is -0.588. The van der Waals surface area contributed by atoms with Crippen molar-refractivity contribution in [3.05, 3.63) is 5.51 Å². The Balaban J connectivity index is 2.50. The highest BCUT2D eigenvalue weighted by molar-refractivity contribution is 7.13. The van der Waals surface area contributed by atoms with Crippen molar-refractivity contribution < 1.29 is 4.39 Å². The van der Waals surface area contributed by atoms with Gasteiger partial charge in [0.25, 0.3) is 0 Å². The fraction of sp³-hybridized carbons (Fsp3) is 0.333. The standard InChI is InChI=1S/C3H4FN3S/c4-1-5-3-7-6-2-8-3/h2H,1H2,(H,5,7). The zero-order valence-corrected chi connectivity index (χ0v) is 4.78. The summed E-state index contributed by atoms with van der Waals surface area (Å²) in [6.45, 7) is -0.588. The van der Waals surface area contributed by atoms with Gasteiger partial charge in [-0.2, -0.15) is 0 Å². The van der Waals surface area contributed by atoms with Gasteiger partial charge in [0, 0.05) is 0 Å². The molecule has 1 rings (SSSR count). The molecule has 1 heterocycles. The highest BCUT2D eigenvalue weighted by atomic mass is 32.1. The summed E-state index contributed by atoms with van der Waals surface area (Å²) in [5.41, 5.74) is 1.54. The summed E-state index contributed by atoms with van der Waals surface area (Å²) in [6, 6.07) is 0. The third-order valence-electron chi connectivity index (χ3n) is 0.578. The number of hydrogen-bond donors (Lipinski definition) is 1. The average molecular weight is 133 g/mol. The predicted molar refractivity (Wildman–Crippen MR) is 29.5 cm³/mol. The number of alkyl halides is 1. The molecule has 1 aromatic rings. The monoisotopic (exact) mass is 133 g/mol. The number of nitrogens with one attached hydrogen (secondary N) is 1. The van der Waals surface area contributed by atoms with Gasteiger partial charge < -0.3 is 5.32 Å².